The monoisotopic (exact) mass is 237 g/mol. The zero-order valence-corrected chi connectivity index (χ0v) is 9.84. The van der Waals surface area contributed by atoms with E-state index in [9.17, 15) is 9.59 Å². The molecule has 0 aliphatic carbocycles. The van der Waals surface area contributed by atoms with Gasteiger partial charge in [0.2, 0.25) is 11.8 Å². The number of hydrogen-bond donors (Lipinski definition) is 1. The van der Waals surface area contributed by atoms with Gasteiger partial charge in [0, 0.05) is 0 Å². The second kappa shape index (κ2) is 3.91. The van der Waals surface area contributed by atoms with Gasteiger partial charge in [-0.1, -0.05) is 18.2 Å². The van der Waals surface area contributed by atoms with Crippen LogP contribution in [0.4, 0.5) is 0 Å². The predicted molar refractivity (Wildman–Crippen MR) is 61.4 cm³/mol. The summed E-state index contributed by atoms with van der Waals surface area (Å²) in [4.78, 5) is 22.8. The third-order valence-corrected chi connectivity index (χ3v) is 3.41. The first-order valence-corrected chi connectivity index (χ1v) is 5.50. The van der Waals surface area contributed by atoms with Crippen molar-refractivity contribution >= 4 is 23.4 Å². The quantitative estimate of drug-likeness (QED) is 0.596. The van der Waals surface area contributed by atoms with Crippen molar-refractivity contribution in [3.63, 3.8) is 0 Å². The van der Waals surface area contributed by atoms with Gasteiger partial charge in [0.05, 0.1) is 5.92 Å². The maximum atomic E-state index is 11.6. The van der Waals surface area contributed by atoms with E-state index >= 15 is 0 Å². The van der Waals surface area contributed by atoms with Gasteiger partial charge < -0.3 is 0 Å². The Morgan fingerprint density at radius 2 is 1.81 bits per heavy atom. The number of aryl methyl sites for hydroxylation is 2. The average Bonchev–Trinajstić information content (AvgIpc) is 2.47. The van der Waals surface area contributed by atoms with Gasteiger partial charge in [-0.05, 0) is 30.5 Å². The van der Waals surface area contributed by atoms with Crippen molar-refractivity contribution in [2.45, 2.75) is 25.1 Å². The molecular formula is C12H12ClNO2. The second-order valence-electron chi connectivity index (χ2n) is 4.08. The van der Waals surface area contributed by atoms with Crippen LogP contribution >= 0.6 is 11.6 Å². The lowest BCUT2D eigenvalue weighted by Crippen LogP contribution is -2.22. The molecule has 1 aromatic carbocycles. The SMILES string of the molecule is Cc1ccc(C2C(=O)NC(=O)C2Cl)cc1C. The largest absolute Gasteiger partial charge is 0.295 e. The highest BCUT2D eigenvalue weighted by Crippen LogP contribution is 2.29. The summed E-state index contributed by atoms with van der Waals surface area (Å²) >= 11 is 5.92. The van der Waals surface area contributed by atoms with Crippen molar-refractivity contribution in [1.82, 2.24) is 5.32 Å². The van der Waals surface area contributed by atoms with Gasteiger partial charge in [0.15, 0.2) is 0 Å². The highest BCUT2D eigenvalue weighted by molar-refractivity contribution is 6.37. The number of alkyl halides is 1. The standard InChI is InChI=1S/C12H12ClNO2/c1-6-3-4-8(5-7(6)2)9-10(13)12(16)14-11(9)15/h3-5,9-10H,1-2H3,(H,14,15,16). The zero-order chi connectivity index (χ0) is 11.9. The Morgan fingerprint density at radius 3 is 2.31 bits per heavy atom. The number of benzene rings is 1. The molecule has 2 amide bonds. The van der Waals surface area contributed by atoms with E-state index in [1.807, 2.05) is 32.0 Å². The summed E-state index contributed by atoms with van der Waals surface area (Å²) in [5.74, 6) is -1.28. The molecule has 0 saturated carbocycles. The Hall–Kier alpha value is -1.35. The minimum absolute atomic E-state index is 0.312. The van der Waals surface area contributed by atoms with E-state index in [1.165, 1.54) is 0 Å². The number of nitrogens with one attached hydrogen (secondary N) is 1. The lowest BCUT2D eigenvalue weighted by Gasteiger charge is -2.11. The number of halogens is 1. The Bertz CT molecular complexity index is 470. The molecule has 2 rings (SSSR count). The van der Waals surface area contributed by atoms with E-state index in [1.54, 1.807) is 0 Å². The fraction of sp³-hybridized carbons (Fsp3) is 0.333. The third-order valence-electron chi connectivity index (χ3n) is 2.96. The van der Waals surface area contributed by atoms with Crippen molar-refractivity contribution in [3.8, 4) is 0 Å². The van der Waals surface area contributed by atoms with Gasteiger partial charge in [-0.15, -0.1) is 11.6 Å². The highest BCUT2D eigenvalue weighted by Gasteiger charge is 2.41. The van der Waals surface area contributed by atoms with Crippen LogP contribution in [0.1, 0.15) is 22.6 Å². The molecule has 1 saturated heterocycles. The molecule has 1 aliphatic heterocycles. The molecule has 0 radical (unpaired) electrons. The number of amides is 2. The van der Waals surface area contributed by atoms with Gasteiger partial charge in [-0.25, -0.2) is 0 Å². The number of rotatable bonds is 1. The molecule has 1 fully saturated rings. The summed E-state index contributed by atoms with van der Waals surface area (Å²) in [7, 11) is 0. The Morgan fingerprint density at radius 1 is 1.12 bits per heavy atom. The Kier molecular flexibility index (Phi) is 2.72. The van der Waals surface area contributed by atoms with Crippen LogP contribution in [0.5, 0.6) is 0 Å². The van der Waals surface area contributed by atoms with Gasteiger partial charge in [-0.3, -0.25) is 14.9 Å². The van der Waals surface area contributed by atoms with Crippen LogP contribution < -0.4 is 5.32 Å². The van der Waals surface area contributed by atoms with E-state index in [0.29, 0.717) is 0 Å². The van der Waals surface area contributed by atoms with Crippen LogP contribution in [0.2, 0.25) is 0 Å². The molecule has 2 unspecified atom stereocenters. The molecule has 16 heavy (non-hydrogen) atoms. The molecule has 2 atom stereocenters. The molecule has 1 N–H and O–H groups in total. The van der Waals surface area contributed by atoms with Gasteiger partial charge in [0.1, 0.15) is 5.38 Å². The van der Waals surface area contributed by atoms with Crippen LogP contribution in [0, 0.1) is 13.8 Å². The molecule has 0 aromatic heterocycles. The predicted octanol–water partition coefficient (Wildman–Crippen LogP) is 1.65. The smallest absolute Gasteiger partial charge is 0.245 e. The highest BCUT2D eigenvalue weighted by atomic mass is 35.5. The minimum atomic E-state index is -0.797. The summed E-state index contributed by atoms with van der Waals surface area (Å²) in [5, 5.41) is 1.44. The van der Waals surface area contributed by atoms with Crippen molar-refractivity contribution in [2.24, 2.45) is 0 Å². The summed E-state index contributed by atoms with van der Waals surface area (Å²) in [5.41, 5.74) is 3.04. The van der Waals surface area contributed by atoms with E-state index in [2.05, 4.69) is 5.32 Å². The van der Waals surface area contributed by atoms with Crippen LogP contribution in [0.15, 0.2) is 18.2 Å². The number of carbonyl (C=O) groups is 2. The zero-order valence-electron chi connectivity index (χ0n) is 9.08. The van der Waals surface area contributed by atoms with Crippen molar-refractivity contribution in [3.05, 3.63) is 34.9 Å². The lowest BCUT2D eigenvalue weighted by atomic mass is 9.94. The maximum absolute atomic E-state index is 11.6. The Labute approximate surface area is 98.8 Å². The van der Waals surface area contributed by atoms with Crippen LogP contribution in [0.25, 0.3) is 0 Å². The van der Waals surface area contributed by atoms with Crippen LogP contribution in [-0.4, -0.2) is 17.2 Å². The fourth-order valence-electron chi connectivity index (χ4n) is 1.83. The normalized spacial score (nSPS) is 24.7. The summed E-state index contributed by atoms with van der Waals surface area (Å²) in [6.45, 7) is 3.97. The molecule has 0 bridgehead atoms. The average molecular weight is 238 g/mol. The molecule has 1 aromatic rings. The molecule has 1 aliphatic rings. The first kappa shape index (κ1) is 11.1. The fourth-order valence-corrected chi connectivity index (χ4v) is 2.15. The molecule has 1 heterocycles. The topological polar surface area (TPSA) is 46.2 Å². The van der Waals surface area contributed by atoms with E-state index in [0.717, 1.165) is 16.7 Å². The maximum Gasteiger partial charge on any atom is 0.245 e. The van der Waals surface area contributed by atoms with E-state index in [4.69, 9.17) is 11.6 Å². The molecule has 84 valence electrons. The van der Waals surface area contributed by atoms with Gasteiger partial charge in [0.25, 0.3) is 0 Å². The number of hydrogen-bond acceptors (Lipinski definition) is 2. The molecular weight excluding hydrogens is 226 g/mol. The summed E-state index contributed by atoms with van der Waals surface area (Å²) in [6, 6.07) is 5.69. The molecule has 0 spiro atoms. The molecule has 3 nitrogen and oxygen atoms in total. The first-order valence-electron chi connectivity index (χ1n) is 5.06. The van der Waals surface area contributed by atoms with Gasteiger partial charge >= 0.3 is 0 Å². The lowest BCUT2D eigenvalue weighted by molar-refractivity contribution is -0.125. The van der Waals surface area contributed by atoms with Crippen molar-refractivity contribution in [1.29, 1.82) is 0 Å². The second-order valence-corrected chi connectivity index (χ2v) is 4.55. The first-order chi connectivity index (χ1) is 7.50. The Balaban J connectivity index is 2.40. The minimum Gasteiger partial charge on any atom is -0.295 e. The van der Waals surface area contributed by atoms with Crippen molar-refractivity contribution < 1.29 is 9.59 Å². The van der Waals surface area contributed by atoms with Crippen molar-refractivity contribution in [2.75, 3.05) is 0 Å². The summed E-state index contributed by atoms with van der Waals surface area (Å²) < 4.78 is 0. The number of imide groups is 1. The van der Waals surface area contributed by atoms with E-state index < -0.39 is 17.2 Å². The van der Waals surface area contributed by atoms with Gasteiger partial charge in [-0.2, -0.15) is 0 Å². The molecule has 4 heteroatoms. The van der Waals surface area contributed by atoms with Crippen LogP contribution in [-0.2, 0) is 9.59 Å². The third kappa shape index (κ3) is 1.71. The summed E-state index contributed by atoms with van der Waals surface area (Å²) in [6.07, 6.45) is 0. The number of carbonyl (C=O) groups excluding carboxylic acids is 2. The van der Waals surface area contributed by atoms with E-state index in [-0.39, 0.29) is 5.91 Å². The van der Waals surface area contributed by atoms with Crippen LogP contribution in [0.3, 0.4) is 0 Å².